The molecule has 4 heteroatoms. The third-order valence-corrected chi connectivity index (χ3v) is 3.79. The molecule has 0 radical (unpaired) electrons. The highest BCUT2D eigenvalue weighted by Gasteiger charge is 2.16. The molecule has 1 aromatic heterocycles. The quantitative estimate of drug-likeness (QED) is 0.776. The van der Waals surface area contributed by atoms with Gasteiger partial charge in [0.05, 0.1) is 6.04 Å². The molecule has 0 fully saturated rings. The molecular formula is C15H17BrClNO. The molecule has 0 amide bonds. The Labute approximate surface area is 127 Å². The van der Waals surface area contributed by atoms with E-state index < -0.39 is 0 Å². The van der Waals surface area contributed by atoms with E-state index in [-0.39, 0.29) is 12.1 Å². The predicted octanol–water partition coefficient (Wildman–Crippen LogP) is 5.50. The average molecular weight is 343 g/mol. The molecule has 2 atom stereocenters. The summed E-state index contributed by atoms with van der Waals surface area (Å²) in [5.41, 5.74) is 1.20. The molecule has 0 aliphatic heterocycles. The highest BCUT2D eigenvalue weighted by Crippen LogP contribution is 2.26. The largest absolute Gasteiger partial charge is 0.453 e. The summed E-state index contributed by atoms with van der Waals surface area (Å²) in [6, 6.07) is 12.3. The number of furan rings is 1. The van der Waals surface area contributed by atoms with Crippen LogP contribution in [-0.2, 0) is 0 Å². The van der Waals surface area contributed by atoms with E-state index in [1.807, 2.05) is 30.3 Å². The topological polar surface area (TPSA) is 25.2 Å². The van der Waals surface area contributed by atoms with Gasteiger partial charge in [-0.25, -0.2) is 0 Å². The fourth-order valence-corrected chi connectivity index (χ4v) is 2.64. The van der Waals surface area contributed by atoms with Crippen LogP contribution in [-0.4, -0.2) is 0 Å². The van der Waals surface area contributed by atoms with Gasteiger partial charge in [-0.15, -0.1) is 0 Å². The zero-order valence-corrected chi connectivity index (χ0v) is 13.3. The van der Waals surface area contributed by atoms with Crippen molar-refractivity contribution in [2.45, 2.75) is 32.4 Å². The van der Waals surface area contributed by atoms with Crippen LogP contribution in [0.25, 0.3) is 0 Å². The molecule has 0 spiro atoms. The second-order valence-corrected chi connectivity index (χ2v) is 5.76. The van der Waals surface area contributed by atoms with Gasteiger partial charge in [0, 0.05) is 11.1 Å². The number of nitrogens with one attached hydrogen (secondary N) is 1. The summed E-state index contributed by atoms with van der Waals surface area (Å²) in [6.45, 7) is 4.25. The number of hydrogen-bond donors (Lipinski definition) is 1. The minimum atomic E-state index is 0.148. The van der Waals surface area contributed by atoms with Gasteiger partial charge in [-0.3, -0.25) is 0 Å². The minimum absolute atomic E-state index is 0.148. The van der Waals surface area contributed by atoms with Gasteiger partial charge in [-0.05, 0) is 59.1 Å². The Bertz CT molecular complexity index is 540. The van der Waals surface area contributed by atoms with Gasteiger partial charge in [0.2, 0.25) is 0 Å². The maximum absolute atomic E-state index is 6.05. The average Bonchev–Trinajstić information content (AvgIpc) is 2.82. The van der Waals surface area contributed by atoms with Crippen LogP contribution in [0.4, 0.5) is 0 Å². The van der Waals surface area contributed by atoms with E-state index in [1.165, 1.54) is 5.56 Å². The summed E-state index contributed by atoms with van der Waals surface area (Å²) in [4.78, 5) is 0. The lowest BCUT2D eigenvalue weighted by Gasteiger charge is -2.21. The van der Waals surface area contributed by atoms with Gasteiger partial charge in [0.1, 0.15) is 5.76 Å². The Morgan fingerprint density at radius 1 is 1.32 bits per heavy atom. The Kier molecular flexibility index (Phi) is 5.08. The molecule has 0 aliphatic rings. The van der Waals surface area contributed by atoms with Crippen molar-refractivity contribution < 1.29 is 4.42 Å². The van der Waals surface area contributed by atoms with E-state index in [1.54, 1.807) is 0 Å². The molecule has 102 valence electrons. The van der Waals surface area contributed by atoms with E-state index in [0.717, 1.165) is 21.9 Å². The van der Waals surface area contributed by atoms with E-state index in [4.69, 9.17) is 16.0 Å². The molecule has 2 unspecified atom stereocenters. The summed E-state index contributed by atoms with van der Waals surface area (Å²) in [6.07, 6.45) is 0.993. The first-order valence-corrected chi connectivity index (χ1v) is 7.54. The summed E-state index contributed by atoms with van der Waals surface area (Å²) >= 11 is 9.38. The molecule has 2 rings (SSSR count). The Morgan fingerprint density at radius 2 is 2.11 bits per heavy atom. The van der Waals surface area contributed by atoms with Gasteiger partial charge in [-0.1, -0.05) is 30.7 Å². The third-order valence-electron chi connectivity index (χ3n) is 3.13. The zero-order valence-electron chi connectivity index (χ0n) is 11.0. The molecule has 1 heterocycles. The molecule has 1 aromatic carbocycles. The van der Waals surface area contributed by atoms with E-state index in [0.29, 0.717) is 0 Å². The highest BCUT2D eigenvalue weighted by atomic mass is 79.9. The van der Waals surface area contributed by atoms with Crippen molar-refractivity contribution in [1.29, 1.82) is 0 Å². The van der Waals surface area contributed by atoms with Crippen LogP contribution in [0.2, 0.25) is 5.02 Å². The second-order valence-electron chi connectivity index (χ2n) is 4.55. The number of benzene rings is 1. The highest BCUT2D eigenvalue weighted by molar-refractivity contribution is 9.10. The number of hydrogen-bond acceptors (Lipinski definition) is 2. The first-order valence-electron chi connectivity index (χ1n) is 6.37. The molecule has 0 aliphatic carbocycles. The van der Waals surface area contributed by atoms with Gasteiger partial charge >= 0.3 is 0 Å². The van der Waals surface area contributed by atoms with Crippen molar-refractivity contribution in [2.75, 3.05) is 0 Å². The second kappa shape index (κ2) is 6.60. The minimum Gasteiger partial charge on any atom is -0.453 e. The standard InChI is InChI=1S/C15H17BrClNO/c1-3-13(11-5-4-6-12(17)9-11)18-10(2)14-7-8-15(16)19-14/h4-10,13,18H,3H2,1-2H3. The van der Waals surface area contributed by atoms with Gasteiger partial charge in [-0.2, -0.15) is 0 Å². The first kappa shape index (κ1) is 14.6. The summed E-state index contributed by atoms with van der Waals surface area (Å²) in [5.74, 6) is 0.923. The van der Waals surface area contributed by atoms with Crippen LogP contribution in [0, 0.1) is 0 Å². The fourth-order valence-electron chi connectivity index (χ4n) is 2.12. The molecule has 2 nitrogen and oxygen atoms in total. The van der Waals surface area contributed by atoms with Crippen molar-refractivity contribution >= 4 is 27.5 Å². The van der Waals surface area contributed by atoms with Crippen molar-refractivity contribution in [1.82, 2.24) is 5.32 Å². The lowest BCUT2D eigenvalue weighted by atomic mass is 10.0. The van der Waals surface area contributed by atoms with Crippen molar-refractivity contribution in [2.24, 2.45) is 0 Å². The SMILES string of the molecule is CCC(NC(C)c1ccc(Br)o1)c1cccc(Cl)c1. The number of rotatable bonds is 5. The van der Waals surface area contributed by atoms with E-state index >= 15 is 0 Å². The Hall–Kier alpha value is -0.770. The molecule has 0 saturated heterocycles. The van der Waals surface area contributed by atoms with Crippen molar-refractivity contribution in [3.63, 3.8) is 0 Å². The van der Waals surface area contributed by atoms with Crippen LogP contribution in [0.15, 0.2) is 45.5 Å². The van der Waals surface area contributed by atoms with Crippen molar-refractivity contribution in [3.8, 4) is 0 Å². The summed E-state index contributed by atoms with van der Waals surface area (Å²) in [7, 11) is 0. The fraction of sp³-hybridized carbons (Fsp3) is 0.333. The molecule has 1 N–H and O–H groups in total. The van der Waals surface area contributed by atoms with Crippen molar-refractivity contribution in [3.05, 3.63) is 57.4 Å². The summed E-state index contributed by atoms with van der Waals surface area (Å²) in [5, 5.41) is 4.34. The van der Waals surface area contributed by atoms with Crippen LogP contribution in [0.3, 0.4) is 0 Å². The van der Waals surface area contributed by atoms with Gasteiger partial charge < -0.3 is 9.73 Å². The van der Waals surface area contributed by atoms with Crippen LogP contribution in [0.5, 0.6) is 0 Å². The summed E-state index contributed by atoms with van der Waals surface area (Å²) < 4.78 is 6.33. The molecule has 0 saturated carbocycles. The molecule has 19 heavy (non-hydrogen) atoms. The monoisotopic (exact) mass is 341 g/mol. The van der Waals surface area contributed by atoms with Crippen LogP contribution >= 0.6 is 27.5 Å². The smallest absolute Gasteiger partial charge is 0.169 e. The lowest BCUT2D eigenvalue weighted by molar-refractivity contribution is 0.379. The molecule has 0 bridgehead atoms. The van der Waals surface area contributed by atoms with E-state index in [9.17, 15) is 0 Å². The normalized spacial score (nSPS) is 14.3. The zero-order chi connectivity index (χ0) is 13.8. The first-order chi connectivity index (χ1) is 9.10. The predicted molar refractivity (Wildman–Crippen MR) is 82.4 cm³/mol. The number of halogens is 2. The van der Waals surface area contributed by atoms with E-state index in [2.05, 4.69) is 41.2 Å². The molecule has 2 aromatic rings. The van der Waals surface area contributed by atoms with Gasteiger partial charge in [0.25, 0.3) is 0 Å². The lowest BCUT2D eigenvalue weighted by Crippen LogP contribution is -2.23. The maximum atomic E-state index is 6.05. The Balaban J connectivity index is 2.11. The maximum Gasteiger partial charge on any atom is 0.169 e. The Morgan fingerprint density at radius 3 is 2.68 bits per heavy atom. The van der Waals surface area contributed by atoms with Gasteiger partial charge in [0.15, 0.2) is 4.67 Å². The third kappa shape index (κ3) is 3.85. The van der Waals surface area contributed by atoms with Crippen LogP contribution in [0.1, 0.15) is 43.7 Å². The molecular weight excluding hydrogens is 326 g/mol. The van der Waals surface area contributed by atoms with Crippen LogP contribution < -0.4 is 5.32 Å².